The highest BCUT2D eigenvalue weighted by Crippen LogP contribution is 2.31. The molecule has 0 aromatic heterocycles. The Kier molecular flexibility index (Phi) is 3.30. The molecule has 0 bridgehead atoms. The maximum atomic E-state index is 11.8. The van der Waals surface area contributed by atoms with E-state index in [1.807, 2.05) is 30.0 Å². The third-order valence-electron chi connectivity index (χ3n) is 2.93. The second-order valence-electron chi connectivity index (χ2n) is 4.27. The van der Waals surface area contributed by atoms with Gasteiger partial charge in [0.2, 0.25) is 5.91 Å². The molecule has 0 radical (unpaired) electrons. The van der Waals surface area contributed by atoms with Gasteiger partial charge in [-0.3, -0.25) is 4.79 Å². The van der Waals surface area contributed by atoms with Crippen molar-refractivity contribution in [2.24, 2.45) is 11.7 Å². The highest BCUT2D eigenvalue weighted by molar-refractivity contribution is 9.10. The molecular formula is C12H15BrN2O. The van der Waals surface area contributed by atoms with Crippen molar-refractivity contribution in [3.63, 3.8) is 0 Å². The number of carbonyl (C=O) groups is 1. The first-order valence-corrected chi connectivity index (χ1v) is 6.17. The Labute approximate surface area is 104 Å². The van der Waals surface area contributed by atoms with Crippen LogP contribution in [0, 0.1) is 12.8 Å². The van der Waals surface area contributed by atoms with Gasteiger partial charge in [-0.25, -0.2) is 0 Å². The van der Waals surface area contributed by atoms with Crippen LogP contribution in [0.25, 0.3) is 0 Å². The van der Waals surface area contributed by atoms with Gasteiger partial charge in [0.15, 0.2) is 0 Å². The summed E-state index contributed by atoms with van der Waals surface area (Å²) in [4.78, 5) is 13.7. The van der Waals surface area contributed by atoms with Gasteiger partial charge in [0.1, 0.15) is 0 Å². The van der Waals surface area contributed by atoms with Gasteiger partial charge in [0.25, 0.3) is 0 Å². The molecule has 0 saturated carbocycles. The number of halogens is 1. The van der Waals surface area contributed by atoms with Crippen LogP contribution in [0.4, 0.5) is 5.69 Å². The molecule has 0 aliphatic carbocycles. The molecule has 1 aliphatic heterocycles. The fourth-order valence-electron chi connectivity index (χ4n) is 2.00. The van der Waals surface area contributed by atoms with E-state index >= 15 is 0 Å². The topological polar surface area (TPSA) is 46.3 Å². The van der Waals surface area contributed by atoms with Crippen LogP contribution in [0.5, 0.6) is 0 Å². The molecule has 4 heteroatoms. The third kappa shape index (κ3) is 2.13. The van der Waals surface area contributed by atoms with Gasteiger partial charge >= 0.3 is 0 Å². The van der Waals surface area contributed by atoms with Crippen molar-refractivity contribution >= 4 is 27.5 Å². The zero-order chi connectivity index (χ0) is 11.7. The van der Waals surface area contributed by atoms with Gasteiger partial charge in [-0.15, -0.1) is 0 Å². The smallest absolute Gasteiger partial charge is 0.227 e. The van der Waals surface area contributed by atoms with Crippen molar-refractivity contribution in [3.8, 4) is 0 Å². The largest absolute Gasteiger partial charge is 0.330 e. The van der Waals surface area contributed by atoms with E-state index in [0.29, 0.717) is 18.9 Å². The van der Waals surface area contributed by atoms with Gasteiger partial charge in [0, 0.05) is 17.4 Å². The highest BCUT2D eigenvalue weighted by Gasteiger charge is 2.30. The zero-order valence-corrected chi connectivity index (χ0v) is 10.8. The zero-order valence-electron chi connectivity index (χ0n) is 9.24. The Hall–Kier alpha value is -0.870. The van der Waals surface area contributed by atoms with E-state index in [1.165, 1.54) is 5.56 Å². The Morgan fingerprint density at radius 1 is 1.56 bits per heavy atom. The van der Waals surface area contributed by atoms with E-state index in [4.69, 9.17) is 5.73 Å². The van der Waals surface area contributed by atoms with E-state index < -0.39 is 0 Å². The van der Waals surface area contributed by atoms with Crippen molar-refractivity contribution in [1.29, 1.82) is 0 Å². The highest BCUT2D eigenvalue weighted by atomic mass is 79.9. The lowest BCUT2D eigenvalue weighted by Gasteiger charge is -2.18. The summed E-state index contributed by atoms with van der Waals surface area (Å²) in [5, 5.41) is 0. The maximum Gasteiger partial charge on any atom is 0.227 e. The first-order valence-electron chi connectivity index (χ1n) is 5.38. The summed E-state index contributed by atoms with van der Waals surface area (Å²) < 4.78 is 0.971. The molecule has 1 unspecified atom stereocenters. The summed E-state index contributed by atoms with van der Waals surface area (Å²) in [5.74, 6) is 0.459. The molecular weight excluding hydrogens is 268 g/mol. The maximum absolute atomic E-state index is 11.8. The van der Waals surface area contributed by atoms with Crippen LogP contribution in [-0.2, 0) is 4.79 Å². The molecule has 1 fully saturated rings. The monoisotopic (exact) mass is 282 g/mol. The average Bonchev–Trinajstić information content (AvgIpc) is 2.60. The van der Waals surface area contributed by atoms with Gasteiger partial charge in [0.05, 0.1) is 5.69 Å². The number of amides is 1. The molecule has 1 aromatic carbocycles. The Morgan fingerprint density at radius 2 is 2.31 bits per heavy atom. The number of hydrogen-bond acceptors (Lipinski definition) is 2. The summed E-state index contributed by atoms with van der Waals surface area (Å²) in [5.41, 5.74) is 7.74. The van der Waals surface area contributed by atoms with Crippen LogP contribution in [0.2, 0.25) is 0 Å². The standard InChI is InChI=1S/C12H15BrN2O/c1-8-2-3-11(10(13)4-8)15-7-9(6-14)5-12(15)16/h2-4,9H,5-7,14H2,1H3. The lowest BCUT2D eigenvalue weighted by molar-refractivity contribution is -0.117. The van der Waals surface area contributed by atoms with Gasteiger partial charge in [-0.1, -0.05) is 6.07 Å². The predicted molar refractivity (Wildman–Crippen MR) is 68.4 cm³/mol. The van der Waals surface area contributed by atoms with E-state index in [2.05, 4.69) is 15.9 Å². The molecule has 2 N–H and O–H groups in total. The number of benzene rings is 1. The lowest BCUT2D eigenvalue weighted by atomic mass is 10.1. The van der Waals surface area contributed by atoms with E-state index in [1.54, 1.807) is 0 Å². The summed E-state index contributed by atoms with van der Waals surface area (Å²) in [6.45, 7) is 3.34. The molecule has 1 heterocycles. The van der Waals surface area contributed by atoms with Gasteiger partial charge in [-0.2, -0.15) is 0 Å². The molecule has 2 rings (SSSR count). The van der Waals surface area contributed by atoms with Crippen LogP contribution in [-0.4, -0.2) is 19.0 Å². The number of nitrogens with two attached hydrogens (primary N) is 1. The minimum absolute atomic E-state index is 0.167. The second-order valence-corrected chi connectivity index (χ2v) is 5.12. The molecule has 86 valence electrons. The second kappa shape index (κ2) is 4.55. The summed E-state index contributed by atoms with van der Waals surface area (Å²) in [7, 11) is 0. The number of aryl methyl sites for hydroxylation is 1. The number of carbonyl (C=O) groups excluding carboxylic acids is 1. The van der Waals surface area contributed by atoms with Crippen LogP contribution in [0.1, 0.15) is 12.0 Å². The third-order valence-corrected chi connectivity index (χ3v) is 3.57. The molecule has 1 amide bonds. The molecule has 1 atom stereocenters. The van der Waals surface area contributed by atoms with Gasteiger partial charge < -0.3 is 10.6 Å². The number of rotatable bonds is 2. The van der Waals surface area contributed by atoms with Crippen LogP contribution >= 0.6 is 15.9 Å². The SMILES string of the molecule is Cc1ccc(N2CC(CN)CC2=O)c(Br)c1. The quantitative estimate of drug-likeness (QED) is 0.903. The van der Waals surface area contributed by atoms with Crippen molar-refractivity contribution in [3.05, 3.63) is 28.2 Å². The molecule has 1 saturated heterocycles. The van der Waals surface area contributed by atoms with Crippen LogP contribution in [0.3, 0.4) is 0 Å². The first kappa shape index (κ1) is 11.6. The summed E-state index contributed by atoms with van der Waals surface area (Å²) in [6.07, 6.45) is 0.566. The molecule has 1 aromatic rings. The minimum atomic E-state index is 0.167. The molecule has 3 nitrogen and oxygen atoms in total. The predicted octanol–water partition coefficient (Wildman–Crippen LogP) is 2.07. The Morgan fingerprint density at radius 3 is 2.88 bits per heavy atom. The fraction of sp³-hybridized carbons (Fsp3) is 0.417. The van der Waals surface area contributed by atoms with Crippen molar-refractivity contribution < 1.29 is 4.79 Å². The fourth-order valence-corrected chi connectivity index (χ4v) is 2.71. The number of anilines is 1. The normalized spacial score (nSPS) is 20.6. The number of hydrogen-bond donors (Lipinski definition) is 1. The van der Waals surface area contributed by atoms with Crippen molar-refractivity contribution in [2.75, 3.05) is 18.0 Å². The minimum Gasteiger partial charge on any atom is -0.330 e. The molecule has 16 heavy (non-hydrogen) atoms. The molecule has 0 spiro atoms. The van der Waals surface area contributed by atoms with Crippen molar-refractivity contribution in [2.45, 2.75) is 13.3 Å². The summed E-state index contributed by atoms with van der Waals surface area (Å²) >= 11 is 3.50. The first-order chi connectivity index (χ1) is 7.61. The lowest BCUT2D eigenvalue weighted by Crippen LogP contribution is -2.26. The van der Waals surface area contributed by atoms with Crippen LogP contribution in [0.15, 0.2) is 22.7 Å². The molecule has 1 aliphatic rings. The Bertz CT molecular complexity index is 419. The van der Waals surface area contributed by atoms with E-state index in [-0.39, 0.29) is 5.91 Å². The summed E-state index contributed by atoms with van der Waals surface area (Å²) in [6, 6.07) is 6.03. The van der Waals surface area contributed by atoms with E-state index in [9.17, 15) is 4.79 Å². The average molecular weight is 283 g/mol. The number of nitrogens with zero attached hydrogens (tertiary/aromatic N) is 1. The Balaban J connectivity index is 2.28. The van der Waals surface area contributed by atoms with E-state index in [0.717, 1.165) is 16.7 Å². The van der Waals surface area contributed by atoms with Gasteiger partial charge in [-0.05, 0) is 53.0 Å². The van der Waals surface area contributed by atoms with Crippen LogP contribution < -0.4 is 10.6 Å². The van der Waals surface area contributed by atoms with Crippen molar-refractivity contribution in [1.82, 2.24) is 0 Å².